The maximum absolute atomic E-state index is 12.6. The second-order valence-electron chi connectivity index (χ2n) is 6.06. The Morgan fingerprint density at radius 2 is 2.12 bits per heavy atom. The standard InChI is InChI=1S/C21H20NO4/c1-4-7-15-18(25-3)11-10-14-12-16(21(24)26-19(14)15)20(23)22-17-9-6-5-8-13(17)2/h6,8-12H,4,7H2,1-3H3,(H,22,23). The molecule has 3 rings (SSSR count). The zero-order chi connectivity index (χ0) is 18.7. The Labute approximate surface area is 151 Å². The summed E-state index contributed by atoms with van der Waals surface area (Å²) >= 11 is 0. The fraction of sp³-hybridized carbons (Fsp3) is 0.238. The molecule has 0 aliphatic carbocycles. The van der Waals surface area contributed by atoms with Crippen molar-refractivity contribution < 1.29 is 13.9 Å². The summed E-state index contributed by atoms with van der Waals surface area (Å²) in [6.07, 6.45) is 1.60. The molecule has 0 saturated heterocycles. The smallest absolute Gasteiger partial charge is 0.349 e. The van der Waals surface area contributed by atoms with Gasteiger partial charge in [0.2, 0.25) is 0 Å². The molecule has 1 aromatic heterocycles. The number of carbonyl (C=O) groups is 1. The first-order valence-corrected chi connectivity index (χ1v) is 8.47. The number of anilines is 1. The predicted octanol–water partition coefficient (Wildman–Crippen LogP) is 4.12. The van der Waals surface area contributed by atoms with Crippen LogP contribution in [0.25, 0.3) is 11.0 Å². The van der Waals surface area contributed by atoms with Gasteiger partial charge in [-0.3, -0.25) is 4.79 Å². The average Bonchev–Trinajstić information content (AvgIpc) is 2.63. The second-order valence-corrected chi connectivity index (χ2v) is 6.06. The Morgan fingerprint density at radius 1 is 1.31 bits per heavy atom. The largest absolute Gasteiger partial charge is 0.496 e. The molecule has 0 saturated carbocycles. The van der Waals surface area contributed by atoms with Crippen LogP contribution in [0.3, 0.4) is 0 Å². The van der Waals surface area contributed by atoms with Crippen molar-refractivity contribution in [3.8, 4) is 5.75 Å². The molecule has 1 N–H and O–H groups in total. The van der Waals surface area contributed by atoms with Crippen LogP contribution in [0.15, 0.2) is 45.6 Å². The van der Waals surface area contributed by atoms with Gasteiger partial charge >= 0.3 is 5.63 Å². The minimum atomic E-state index is -0.666. The van der Waals surface area contributed by atoms with Gasteiger partial charge in [0, 0.05) is 16.6 Å². The van der Waals surface area contributed by atoms with Gasteiger partial charge in [-0.2, -0.15) is 0 Å². The van der Waals surface area contributed by atoms with Gasteiger partial charge in [0.1, 0.15) is 16.9 Å². The van der Waals surface area contributed by atoms with Gasteiger partial charge in [-0.15, -0.1) is 0 Å². The number of amides is 1. The lowest BCUT2D eigenvalue weighted by Gasteiger charge is -2.11. The molecule has 1 radical (unpaired) electrons. The first kappa shape index (κ1) is 17.7. The zero-order valence-electron chi connectivity index (χ0n) is 15.0. The van der Waals surface area contributed by atoms with Gasteiger partial charge in [0.05, 0.1) is 7.11 Å². The average molecular weight is 350 g/mol. The fourth-order valence-corrected chi connectivity index (χ4v) is 2.90. The van der Waals surface area contributed by atoms with E-state index in [2.05, 4.69) is 11.4 Å². The molecule has 26 heavy (non-hydrogen) atoms. The number of fused-ring (bicyclic) bond motifs is 1. The summed E-state index contributed by atoms with van der Waals surface area (Å²) < 4.78 is 10.9. The summed E-state index contributed by atoms with van der Waals surface area (Å²) in [5, 5.41) is 3.44. The molecule has 0 unspecified atom stereocenters. The quantitative estimate of drug-likeness (QED) is 0.703. The first-order valence-electron chi connectivity index (χ1n) is 8.47. The van der Waals surface area contributed by atoms with Crippen LogP contribution in [0.4, 0.5) is 5.69 Å². The molecule has 0 aliphatic rings. The van der Waals surface area contributed by atoms with Crippen molar-refractivity contribution >= 4 is 22.6 Å². The van der Waals surface area contributed by atoms with Gasteiger partial charge < -0.3 is 14.5 Å². The van der Waals surface area contributed by atoms with Crippen LogP contribution in [0, 0.1) is 13.0 Å². The van der Waals surface area contributed by atoms with Crippen LogP contribution in [0.5, 0.6) is 5.75 Å². The SMILES string of the molecule is CCCc1c(OC)ccc2cc(C(=O)Nc3cc[c]cc3C)c(=O)oc12. The van der Waals surface area contributed by atoms with Gasteiger partial charge in [0.25, 0.3) is 5.91 Å². The molecule has 133 valence electrons. The molecule has 0 aliphatic heterocycles. The van der Waals surface area contributed by atoms with Crippen molar-refractivity contribution in [2.75, 3.05) is 12.4 Å². The normalized spacial score (nSPS) is 10.7. The lowest BCUT2D eigenvalue weighted by molar-refractivity contribution is 0.102. The monoisotopic (exact) mass is 350 g/mol. The Morgan fingerprint density at radius 3 is 2.81 bits per heavy atom. The zero-order valence-corrected chi connectivity index (χ0v) is 15.0. The third-order valence-electron chi connectivity index (χ3n) is 4.25. The first-order chi connectivity index (χ1) is 12.5. The highest BCUT2D eigenvalue weighted by Gasteiger charge is 2.17. The number of rotatable bonds is 5. The number of aryl methyl sites for hydroxylation is 2. The van der Waals surface area contributed by atoms with Crippen LogP contribution in [-0.2, 0) is 6.42 Å². The van der Waals surface area contributed by atoms with Crippen LogP contribution in [-0.4, -0.2) is 13.0 Å². The Bertz CT molecular complexity index is 1020. The molecule has 1 amide bonds. The van der Waals surface area contributed by atoms with Crippen molar-refractivity contribution in [3.63, 3.8) is 0 Å². The Kier molecular flexibility index (Phi) is 5.07. The second kappa shape index (κ2) is 7.44. The van der Waals surface area contributed by atoms with Crippen LogP contribution in [0.1, 0.15) is 34.8 Å². The highest BCUT2D eigenvalue weighted by atomic mass is 16.5. The number of carbonyl (C=O) groups excluding carboxylic acids is 1. The maximum Gasteiger partial charge on any atom is 0.349 e. The summed E-state index contributed by atoms with van der Waals surface area (Å²) in [6, 6.07) is 13.3. The van der Waals surface area contributed by atoms with E-state index in [4.69, 9.17) is 9.15 Å². The third kappa shape index (κ3) is 3.33. The molecular formula is C21H20NO4. The molecule has 0 spiro atoms. The van der Waals surface area contributed by atoms with Gasteiger partial charge in [-0.05, 0) is 55.3 Å². The summed E-state index contributed by atoms with van der Waals surface area (Å²) in [5.41, 5.74) is 2.11. The molecule has 5 heteroatoms. The van der Waals surface area contributed by atoms with E-state index in [9.17, 15) is 9.59 Å². The molecule has 3 aromatic rings. The van der Waals surface area contributed by atoms with Crippen molar-refractivity contribution in [3.05, 3.63) is 69.6 Å². The number of hydrogen-bond acceptors (Lipinski definition) is 4. The van der Waals surface area contributed by atoms with Crippen LogP contribution < -0.4 is 15.7 Å². The summed E-state index contributed by atoms with van der Waals surface area (Å²) in [5.74, 6) is 0.179. The molecule has 0 fully saturated rings. The molecule has 0 bridgehead atoms. The van der Waals surface area contributed by atoms with E-state index >= 15 is 0 Å². The van der Waals surface area contributed by atoms with Crippen LogP contribution >= 0.6 is 0 Å². The molecule has 0 atom stereocenters. The van der Waals surface area contributed by atoms with E-state index < -0.39 is 11.5 Å². The van der Waals surface area contributed by atoms with E-state index in [-0.39, 0.29) is 5.56 Å². The Hall–Kier alpha value is -3.08. The minimum Gasteiger partial charge on any atom is -0.496 e. The lowest BCUT2D eigenvalue weighted by atomic mass is 10.0. The maximum atomic E-state index is 12.6. The van der Waals surface area contributed by atoms with E-state index in [0.717, 1.165) is 17.5 Å². The van der Waals surface area contributed by atoms with Crippen molar-refractivity contribution in [1.29, 1.82) is 0 Å². The molecule has 2 aromatic carbocycles. The van der Waals surface area contributed by atoms with E-state index in [0.29, 0.717) is 28.8 Å². The summed E-state index contributed by atoms with van der Waals surface area (Å²) in [6.45, 7) is 3.90. The minimum absolute atomic E-state index is 0.0302. The Balaban J connectivity index is 2.05. The van der Waals surface area contributed by atoms with Crippen LogP contribution in [0.2, 0.25) is 0 Å². The highest BCUT2D eigenvalue weighted by Crippen LogP contribution is 2.29. The van der Waals surface area contributed by atoms with E-state index in [1.807, 2.05) is 19.9 Å². The number of benzene rings is 2. The number of methoxy groups -OCH3 is 1. The molecule has 5 nitrogen and oxygen atoms in total. The predicted molar refractivity (Wildman–Crippen MR) is 101 cm³/mol. The van der Waals surface area contributed by atoms with Crippen molar-refractivity contribution in [2.45, 2.75) is 26.7 Å². The molecular weight excluding hydrogens is 330 g/mol. The number of nitrogens with one attached hydrogen (secondary N) is 1. The number of ether oxygens (including phenoxy) is 1. The lowest BCUT2D eigenvalue weighted by Crippen LogP contribution is -2.21. The summed E-state index contributed by atoms with van der Waals surface area (Å²) in [7, 11) is 1.58. The van der Waals surface area contributed by atoms with Gasteiger partial charge in [-0.25, -0.2) is 4.79 Å². The topological polar surface area (TPSA) is 68.5 Å². The summed E-state index contributed by atoms with van der Waals surface area (Å²) in [4.78, 5) is 25.0. The van der Waals surface area contributed by atoms with E-state index in [1.165, 1.54) is 0 Å². The highest BCUT2D eigenvalue weighted by molar-refractivity contribution is 6.06. The van der Waals surface area contributed by atoms with Gasteiger partial charge in [-0.1, -0.05) is 19.4 Å². The third-order valence-corrected chi connectivity index (χ3v) is 4.25. The fourth-order valence-electron chi connectivity index (χ4n) is 2.90. The number of hydrogen-bond donors (Lipinski definition) is 1. The van der Waals surface area contributed by atoms with Crippen molar-refractivity contribution in [2.24, 2.45) is 0 Å². The van der Waals surface area contributed by atoms with Gasteiger partial charge in [0.15, 0.2) is 0 Å². The van der Waals surface area contributed by atoms with E-state index in [1.54, 1.807) is 37.4 Å². The van der Waals surface area contributed by atoms with Crippen molar-refractivity contribution in [1.82, 2.24) is 0 Å². The molecule has 1 heterocycles.